The first kappa shape index (κ1) is 18.1. The van der Waals surface area contributed by atoms with E-state index in [9.17, 15) is 0 Å². The molecule has 4 rings (SSSR count). The molecule has 1 heterocycles. The summed E-state index contributed by atoms with van der Waals surface area (Å²) in [4.78, 5) is 4.99. The fraction of sp³-hybridized carbons (Fsp3) is 0.160. The smallest absolute Gasteiger partial charge is 0.177 e. The highest BCUT2D eigenvalue weighted by molar-refractivity contribution is 6.19. The Morgan fingerprint density at radius 1 is 1.00 bits per heavy atom. The minimum absolute atomic E-state index is 0.732. The first-order chi connectivity index (χ1) is 13.7. The van der Waals surface area contributed by atoms with Gasteiger partial charge in [0, 0.05) is 22.0 Å². The Balaban J connectivity index is 1.93. The maximum atomic E-state index is 6.11. The maximum absolute atomic E-state index is 6.11. The monoisotopic (exact) mass is 369 g/mol. The molecule has 3 heteroatoms. The first-order valence-corrected chi connectivity index (χ1v) is 9.52. The van der Waals surface area contributed by atoms with Crippen LogP contribution in [0.5, 0.6) is 5.75 Å². The molecule has 0 aliphatic rings. The molecule has 4 aromatic rings. The lowest BCUT2D eigenvalue weighted by molar-refractivity contribution is 0.412. The van der Waals surface area contributed by atoms with Crippen LogP contribution < -0.4 is 4.74 Å². The van der Waals surface area contributed by atoms with Gasteiger partial charge in [-0.1, -0.05) is 61.5 Å². The summed E-state index contributed by atoms with van der Waals surface area (Å²) in [6.07, 6.45) is 3.08. The van der Waals surface area contributed by atoms with Gasteiger partial charge in [0.15, 0.2) is 11.3 Å². The molecule has 0 N–H and O–H groups in total. The van der Waals surface area contributed by atoms with Crippen LogP contribution in [-0.2, 0) is 0 Å². The summed E-state index contributed by atoms with van der Waals surface area (Å²) in [5.74, 6) is 0.732. The number of benzene rings is 3. The molecule has 0 saturated carbocycles. The van der Waals surface area contributed by atoms with Crippen LogP contribution in [0.2, 0.25) is 0 Å². The van der Waals surface area contributed by atoms with Crippen LogP contribution >= 0.6 is 0 Å². The van der Waals surface area contributed by atoms with Crippen LogP contribution in [0.4, 0.5) is 0 Å². The third kappa shape index (κ3) is 3.20. The van der Waals surface area contributed by atoms with Gasteiger partial charge in [0.25, 0.3) is 0 Å². The Bertz CT molecular complexity index is 1180. The Morgan fingerprint density at radius 2 is 1.75 bits per heavy atom. The molecule has 0 unspecified atom stereocenters. The second kappa shape index (κ2) is 7.73. The molecule has 0 aliphatic carbocycles. The fourth-order valence-corrected chi connectivity index (χ4v) is 3.54. The fourth-order valence-electron chi connectivity index (χ4n) is 3.54. The number of fused-ring (bicyclic) bond motifs is 3. The third-order valence-corrected chi connectivity index (χ3v) is 4.85. The van der Waals surface area contributed by atoms with E-state index in [1.54, 1.807) is 7.11 Å². The van der Waals surface area contributed by atoms with Crippen LogP contribution in [0, 0.1) is 0 Å². The molecule has 0 atom stereocenters. The zero-order chi connectivity index (χ0) is 19.5. The van der Waals surface area contributed by atoms with Crippen LogP contribution in [0.25, 0.3) is 27.6 Å². The highest BCUT2D eigenvalue weighted by atomic mass is 16.5. The van der Waals surface area contributed by atoms with E-state index in [1.807, 2.05) is 42.5 Å². The molecule has 3 aromatic carbocycles. The van der Waals surface area contributed by atoms with Crippen molar-refractivity contribution in [2.45, 2.75) is 20.3 Å². The van der Waals surface area contributed by atoms with Crippen molar-refractivity contribution >= 4 is 33.3 Å². The molecule has 0 spiro atoms. The maximum Gasteiger partial charge on any atom is 0.177 e. The van der Waals surface area contributed by atoms with Crippen LogP contribution in [-0.4, -0.2) is 12.8 Å². The molecule has 0 amide bonds. The minimum atomic E-state index is 0.732. The summed E-state index contributed by atoms with van der Waals surface area (Å²) in [6, 6.07) is 22.4. The van der Waals surface area contributed by atoms with Crippen molar-refractivity contribution in [3.8, 4) is 5.75 Å². The Morgan fingerprint density at radius 3 is 2.50 bits per heavy atom. The molecule has 0 aliphatic heterocycles. The average Bonchev–Trinajstić information content (AvgIpc) is 3.13. The molecule has 0 fully saturated rings. The van der Waals surface area contributed by atoms with Gasteiger partial charge in [0.2, 0.25) is 0 Å². The summed E-state index contributed by atoms with van der Waals surface area (Å²) in [6.45, 7) is 4.18. The van der Waals surface area contributed by atoms with E-state index in [4.69, 9.17) is 14.1 Å². The Kier molecular flexibility index (Phi) is 4.98. The van der Waals surface area contributed by atoms with Crippen molar-refractivity contribution in [1.82, 2.24) is 0 Å². The lowest BCUT2D eigenvalue weighted by Crippen LogP contribution is -1.98. The number of hydrogen-bond acceptors (Lipinski definition) is 3. The molecule has 140 valence electrons. The van der Waals surface area contributed by atoms with Crippen LogP contribution in [0.15, 0.2) is 82.2 Å². The van der Waals surface area contributed by atoms with Gasteiger partial charge in [-0.2, -0.15) is 0 Å². The summed E-state index contributed by atoms with van der Waals surface area (Å²) in [7, 11) is 1.67. The van der Waals surface area contributed by atoms with E-state index in [2.05, 4.69) is 44.2 Å². The number of allylic oxidation sites excluding steroid dienone is 1. The number of rotatable bonds is 5. The number of aliphatic imine (C=N–C) groups is 1. The molecule has 28 heavy (non-hydrogen) atoms. The standard InChI is InChI=1S/C25H23NO2/c1-4-10-21(18-11-6-5-7-12-18)26-17(2)19-15-16-23(27-3)25-24(19)20-13-8-9-14-22(20)28-25/h5-16H,4H2,1-3H3/b21-10+,26-17?. The second-order valence-corrected chi connectivity index (χ2v) is 6.68. The number of methoxy groups -OCH3 is 1. The van der Waals surface area contributed by atoms with Gasteiger partial charge >= 0.3 is 0 Å². The van der Waals surface area contributed by atoms with Crippen molar-refractivity contribution < 1.29 is 9.15 Å². The van der Waals surface area contributed by atoms with Gasteiger partial charge in [-0.25, -0.2) is 0 Å². The van der Waals surface area contributed by atoms with Gasteiger partial charge in [-0.05, 0) is 37.1 Å². The van der Waals surface area contributed by atoms with Gasteiger partial charge in [0.1, 0.15) is 5.58 Å². The number of nitrogens with zero attached hydrogens (tertiary/aromatic N) is 1. The van der Waals surface area contributed by atoms with Gasteiger partial charge < -0.3 is 9.15 Å². The predicted molar refractivity (Wildman–Crippen MR) is 117 cm³/mol. The SMILES string of the molecule is CC/C=C(/N=C(C)c1ccc(OC)c2oc3ccccc3c12)c1ccccc1. The Hall–Kier alpha value is -3.33. The molecule has 0 bridgehead atoms. The van der Waals surface area contributed by atoms with Gasteiger partial charge in [-0.15, -0.1) is 0 Å². The van der Waals surface area contributed by atoms with Crippen molar-refractivity contribution in [2.24, 2.45) is 4.99 Å². The van der Waals surface area contributed by atoms with Gasteiger partial charge in [-0.3, -0.25) is 4.99 Å². The number of furan rings is 1. The number of para-hydroxylation sites is 1. The van der Waals surface area contributed by atoms with Gasteiger partial charge in [0.05, 0.1) is 12.8 Å². The van der Waals surface area contributed by atoms with Crippen molar-refractivity contribution in [1.29, 1.82) is 0 Å². The van der Waals surface area contributed by atoms with E-state index in [0.29, 0.717) is 0 Å². The lowest BCUT2D eigenvalue weighted by Gasteiger charge is -2.09. The predicted octanol–water partition coefficient (Wildman–Crippen LogP) is 6.85. The molecular weight excluding hydrogens is 346 g/mol. The average molecular weight is 369 g/mol. The van der Waals surface area contributed by atoms with E-state index < -0.39 is 0 Å². The summed E-state index contributed by atoms with van der Waals surface area (Å²) in [5.41, 5.74) is 5.71. The quantitative estimate of drug-likeness (QED) is 0.360. The van der Waals surface area contributed by atoms with E-state index >= 15 is 0 Å². The van der Waals surface area contributed by atoms with Crippen LogP contribution in [0.3, 0.4) is 0 Å². The molecule has 0 saturated heterocycles. The number of hydrogen-bond donors (Lipinski definition) is 0. The van der Waals surface area contributed by atoms with E-state index in [0.717, 1.165) is 56.6 Å². The first-order valence-electron chi connectivity index (χ1n) is 9.52. The summed E-state index contributed by atoms with van der Waals surface area (Å²) in [5, 5.41) is 2.11. The Labute approximate surface area is 165 Å². The lowest BCUT2D eigenvalue weighted by atomic mass is 10.0. The third-order valence-electron chi connectivity index (χ3n) is 4.85. The zero-order valence-electron chi connectivity index (χ0n) is 16.4. The number of ether oxygens (including phenoxy) is 1. The van der Waals surface area contributed by atoms with Crippen molar-refractivity contribution in [3.63, 3.8) is 0 Å². The van der Waals surface area contributed by atoms with Crippen LogP contribution in [0.1, 0.15) is 31.4 Å². The molecule has 3 nitrogen and oxygen atoms in total. The largest absolute Gasteiger partial charge is 0.493 e. The molecular formula is C25H23NO2. The highest BCUT2D eigenvalue weighted by Crippen LogP contribution is 2.37. The van der Waals surface area contributed by atoms with E-state index in [1.165, 1.54) is 0 Å². The molecule has 1 aromatic heterocycles. The van der Waals surface area contributed by atoms with Crippen molar-refractivity contribution in [2.75, 3.05) is 7.11 Å². The molecule has 0 radical (unpaired) electrons. The topological polar surface area (TPSA) is 34.7 Å². The van der Waals surface area contributed by atoms with Crippen molar-refractivity contribution in [3.05, 3.63) is 83.9 Å². The second-order valence-electron chi connectivity index (χ2n) is 6.68. The summed E-state index contributed by atoms with van der Waals surface area (Å²) >= 11 is 0. The minimum Gasteiger partial charge on any atom is -0.493 e. The summed E-state index contributed by atoms with van der Waals surface area (Å²) < 4.78 is 11.6. The normalized spacial score (nSPS) is 12.7. The zero-order valence-corrected chi connectivity index (χ0v) is 16.4. The highest BCUT2D eigenvalue weighted by Gasteiger charge is 2.17. The van der Waals surface area contributed by atoms with E-state index in [-0.39, 0.29) is 0 Å².